The Hall–Kier alpha value is -0.630. The predicted molar refractivity (Wildman–Crippen MR) is 47.9 cm³/mol. The Kier molecular flexibility index (Phi) is 4.01. The van der Waals surface area contributed by atoms with Crippen molar-refractivity contribution in [2.24, 2.45) is 0 Å². The molecule has 0 radical (unpaired) electrons. The molecule has 1 rings (SSSR count). The number of carbonyl (C=O) groups is 1. The minimum atomic E-state index is 0.284. The van der Waals surface area contributed by atoms with Crippen molar-refractivity contribution in [2.45, 2.75) is 38.5 Å². The Morgan fingerprint density at radius 2 is 2.17 bits per heavy atom. The summed E-state index contributed by atoms with van der Waals surface area (Å²) < 4.78 is 0. The molecule has 0 aliphatic heterocycles. The highest BCUT2D eigenvalue weighted by Crippen LogP contribution is 2.19. The largest absolute Gasteiger partial charge is 0.396 e. The van der Waals surface area contributed by atoms with Gasteiger partial charge in [-0.15, -0.1) is 0 Å². The van der Waals surface area contributed by atoms with Gasteiger partial charge in [0, 0.05) is 19.4 Å². The number of Topliss-reactive ketones (excluding diaryl/α,β-unsaturated/α-hetero) is 1. The van der Waals surface area contributed by atoms with Crippen LogP contribution in [-0.4, -0.2) is 17.5 Å². The van der Waals surface area contributed by atoms with Crippen molar-refractivity contribution in [3.05, 3.63) is 11.6 Å². The summed E-state index contributed by atoms with van der Waals surface area (Å²) in [5, 5.41) is 8.56. The van der Waals surface area contributed by atoms with E-state index in [0.717, 1.165) is 32.1 Å². The van der Waals surface area contributed by atoms with Crippen LogP contribution >= 0.6 is 0 Å². The number of hydrogen-bond donors (Lipinski definition) is 1. The topological polar surface area (TPSA) is 37.3 Å². The molecule has 0 bridgehead atoms. The summed E-state index contributed by atoms with van der Waals surface area (Å²) in [6, 6.07) is 0. The van der Waals surface area contributed by atoms with Gasteiger partial charge in [-0.05, 0) is 25.7 Å². The highest BCUT2D eigenvalue weighted by molar-refractivity contribution is 5.81. The standard InChI is InChI=1S/C10H16O2/c11-8-2-1-3-9-4-6-10(12)7-5-9/h4,11H,1-3,5-8H2. The Bertz CT molecular complexity index is 182. The molecule has 0 saturated carbocycles. The van der Waals surface area contributed by atoms with Crippen LogP contribution in [-0.2, 0) is 4.79 Å². The van der Waals surface area contributed by atoms with Gasteiger partial charge in [-0.3, -0.25) is 4.79 Å². The van der Waals surface area contributed by atoms with Gasteiger partial charge in [0.05, 0.1) is 0 Å². The van der Waals surface area contributed by atoms with Crippen LogP contribution in [0.4, 0.5) is 0 Å². The van der Waals surface area contributed by atoms with Gasteiger partial charge in [0.1, 0.15) is 5.78 Å². The number of unbranched alkanes of at least 4 members (excludes halogenated alkanes) is 1. The summed E-state index contributed by atoms with van der Waals surface area (Å²) in [5.74, 6) is 0.362. The number of rotatable bonds is 4. The van der Waals surface area contributed by atoms with E-state index in [-0.39, 0.29) is 6.61 Å². The molecule has 0 aromatic heterocycles. The van der Waals surface area contributed by atoms with Crippen LogP contribution in [0.1, 0.15) is 38.5 Å². The second-order valence-electron chi connectivity index (χ2n) is 3.29. The van der Waals surface area contributed by atoms with E-state index in [0.29, 0.717) is 12.2 Å². The number of aliphatic hydroxyl groups is 1. The molecule has 68 valence electrons. The third-order valence-corrected chi connectivity index (χ3v) is 2.25. The van der Waals surface area contributed by atoms with Gasteiger partial charge in [-0.2, -0.15) is 0 Å². The minimum Gasteiger partial charge on any atom is -0.396 e. The smallest absolute Gasteiger partial charge is 0.136 e. The van der Waals surface area contributed by atoms with Crippen LogP contribution in [0.2, 0.25) is 0 Å². The summed E-state index contributed by atoms with van der Waals surface area (Å²) in [6.07, 6.45) is 7.36. The van der Waals surface area contributed by atoms with Gasteiger partial charge in [-0.25, -0.2) is 0 Å². The van der Waals surface area contributed by atoms with Crippen molar-refractivity contribution < 1.29 is 9.90 Å². The summed E-state index contributed by atoms with van der Waals surface area (Å²) in [7, 11) is 0. The fraction of sp³-hybridized carbons (Fsp3) is 0.700. The molecule has 0 aromatic carbocycles. The molecule has 0 heterocycles. The molecule has 0 fully saturated rings. The molecule has 12 heavy (non-hydrogen) atoms. The van der Waals surface area contributed by atoms with Crippen molar-refractivity contribution in [2.75, 3.05) is 6.61 Å². The third kappa shape index (κ3) is 3.18. The van der Waals surface area contributed by atoms with E-state index in [9.17, 15) is 4.79 Å². The van der Waals surface area contributed by atoms with Gasteiger partial charge >= 0.3 is 0 Å². The van der Waals surface area contributed by atoms with Crippen LogP contribution < -0.4 is 0 Å². The van der Waals surface area contributed by atoms with Crippen molar-refractivity contribution in [3.63, 3.8) is 0 Å². The lowest BCUT2D eigenvalue weighted by Crippen LogP contribution is -2.03. The molecular weight excluding hydrogens is 152 g/mol. The Morgan fingerprint density at radius 1 is 1.33 bits per heavy atom. The molecule has 1 aliphatic carbocycles. The van der Waals surface area contributed by atoms with Crippen LogP contribution in [0.15, 0.2) is 11.6 Å². The zero-order chi connectivity index (χ0) is 8.81. The van der Waals surface area contributed by atoms with Crippen molar-refractivity contribution >= 4 is 5.78 Å². The summed E-state index contributed by atoms with van der Waals surface area (Å²) in [4.78, 5) is 10.9. The van der Waals surface area contributed by atoms with Gasteiger partial charge in [-0.1, -0.05) is 11.6 Å². The van der Waals surface area contributed by atoms with Crippen molar-refractivity contribution in [1.29, 1.82) is 0 Å². The fourth-order valence-electron chi connectivity index (χ4n) is 1.45. The van der Waals surface area contributed by atoms with E-state index in [1.165, 1.54) is 5.57 Å². The molecule has 1 N–H and O–H groups in total. The molecule has 2 heteroatoms. The molecule has 0 spiro atoms. The maximum Gasteiger partial charge on any atom is 0.136 e. The van der Waals surface area contributed by atoms with Crippen LogP contribution in [0.25, 0.3) is 0 Å². The third-order valence-electron chi connectivity index (χ3n) is 2.25. The van der Waals surface area contributed by atoms with Crippen LogP contribution in [0.5, 0.6) is 0 Å². The highest BCUT2D eigenvalue weighted by atomic mass is 16.2. The summed E-state index contributed by atoms with van der Waals surface area (Å²) >= 11 is 0. The predicted octanol–water partition coefficient (Wildman–Crippen LogP) is 1.83. The number of aliphatic hydroxyl groups excluding tert-OH is 1. The van der Waals surface area contributed by atoms with E-state index in [1.54, 1.807) is 0 Å². The zero-order valence-corrected chi connectivity index (χ0v) is 7.38. The van der Waals surface area contributed by atoms with Crippen LogP contribution in [0, 0.1) is 0 Å². The van der Waals surface area contributed by atoms with Gasteiger partial charge in [0.2, 0.25) is 0 Å². The lowest BCUT2D eigenvalue weighted by Gasteiger charge is -2.11. The molecule has 0 atom stereocenters. The molecule has 2 nitrogen and oxygen atoms in total. The molecule has 0 saturated heterocycles. The normalized spacial score (nSPS) is 17.8. The first-order valence-corrected chi connectivity index (χ1v) is 4.63. The Morgan fingerprint density at radius 3 is 2.75 bits per heavy atom. The molecule has 1 aliphatic rings. The lowest BCUT2D eigenvalue weighted by molar-refractivity contribution is -0.118. The summed E-state index contributed by atoms with van der Waals surface area (Å²) in [5.41, 5.74) is 1.41. The average Bonchev–Trinajstić information content (AvgIpc) is 2.09. The highest BCUT2D eigenvalue weighted by Gasteiger charge is 2.09. The van der Waals surface area contributed by atoms with E-state index in [1.807, 2.05) is 0 Å². The van der Waals surface area contributed by atoms with E-state index in [4.69, 9.17) is 5.11 Å². The average molecular weight is 168 g/mol. The second kappa shape index (κ2) is 5.09. The van der Waals surface area contributed by atoms with Gasteiger partial charge in [0.25, 0.3) is 0 Å². The maximum atomic E-state index is 10.9. The number of ketones is 1. The maximum absolute atomic E-state index is 10.9. The number of allylic oxidation sites excluding steroid dienone is 2. The second-order valence-corrected chi connectivity index (χ2v) is 3.29. The number of hydrogen-bond acceptors (Lipinski definition) is 2. The SMILES string of the molecule is O=C1CC=C(CCCCO)CC1. The Labute approximate surface area is 73.3 Å². The fourth-order valence-corrected chi connectivity index (χ4v) is 1.45. The molecular formula is C10H16O2. The van der Waals surface area contributed by atoms with Crippen molar-refractivity contribution in [3.8, 4) is 0 Å². The van der Waals surface area contributed by atoms with Gasteiger partial charge < -0.3 is 5.11 Å². The monoisotopic (exact) mass is 168 g/mol. The first-order chi connectivity index (χ1) is 5.83. The molecule has 0 unspecified atom stereocenters. The zero-order valence-electron chi connectivity index (χ0n) is 7.38. The van der Waals surface area contributed by atoms with Crippen molar-refractivity contribution in [1.82, 2.24) is 0 Å². The first kappa shape index (κ1) is 9.46. The Balaban J connectivity index is 2.19. The quantitative estimate of drug-likeness (QED) is 0.513. The first-order valence-electron chi connectivity index (χ1n) is 4.63. The van der Waals surface area contributed by atoms with E-state index < -0.39 is 0 Å². The molecule has 0 aromatic rings. The van der Waals surface area contributed by atoms with E-state index in [2.05, 4.69) is 6.08 Å². The van der Waals surface area contributed by atoms with Crippen LogP contribution in [0.3, 0.4) is 0 Å². The van der Waals surface area contributed by atoms with Gasteiger partial charge in [0.15, 0.2) is 0 Å². The minimum absolute atomic E-state index is 0.284. The number of carbonyl (C=O) groups excluding carboxylic acids is 1. The summed E-state index contributed by atoms with van der Waals surface area (Å²) in [6.45, 7) is 0.284. The lowest BCUT2D eigenvalue weighted by atomic mass is 9.95. The van der Waals surface area contributed by atoms with E-state index >= 15 is 0 Å². The molecule has 0 amide bonds.